The summed E-state index contributed by atoms with van der Waals surface area (Å²) in [5.74, 6) is -0.393. The number of rotatable bonds is 2. The van der Waals surface area contributed by atoms with E-state index < -0.39 is 5.91 Å². The van der Waals surface area contributed by atoms with Crippen LogP contribution in [0, 0.1) is 11.3 Å². The Kier molecular flexibility index (Phi) is 3.27. The SMILES string of the molecule is N#Cc1ccccc1NC(=O)c1cnc2ccccc2n1. The lowest BCUT2D eigenvalue weighted by molar-refractivity contribution is 0.102. The van der Waals surface area contributed by atoms with Gasteiger partial charge < -0.3 is 5.32 Å². The van der Waals surface area contributed by atoms with Crippen LogP contribution < -0.4 is 5.32 Å². The fraction of sp³-hybridized carbons (Fsp3) is 0. The molecule has 100 valence electrons. The van der Waals surface area contributed by atoms with Gasteiger partial charge in [0.2, 0.25) is 0 Å². The first-order chi connectivity index (χ1) is 10.3. The zero-order chi connectivity index (χ0) is 14.7. The van der Waals surface area contributed by atoms with Gasteiger partial charge in [-0.15, -0.1) is 0 Å². The van der Waals surface area contributed by atoms with Gasteiger partial charge in [-0.1, -0.05) is 24.3 Å². The largest absolute Gasteiger partial charge is 0.319 e. The molecule has 0 saturated carbocycles. The normalized spacial score (nSPS) is 10.0. The Morgan fingerprint density at radius 2 is 1.76 bits per heavy atom. The van der Waals surface area contributed by atoms with Gasteiger partial charge in [0.25, 0.3) is 5.91 Å². The van der Waals surface area contributed by atoms with E-state index >= 15 is 0 Å². The van der Waals surface area contributed by atoms with Crippen LogP contribution in [0.25, 0.3) is 11.0 Å². The average Bonchev–Trinajstić information content (AvgIpc) is 2.55. The van der Waals surface area contributed by atoms with Crippen LogP contribution in [0.4, 0.5) is 5.69 Å². The maximum Gasteiger partial charge on any atom is 0.275 e. The van der Waals surface area contributed by atoms with Crippen LogP contribution in [0.2, 0.25) is 0 Å². The first kappa shape index (κ1) is 12.8. The lowest BCUT2D eigenvalue weighted by atomic mass is 10.2. The second-order valence-corrected chi connectivity index (χ2v) is 4.36. The highest BCUT2D eigenvalue weighted by atomic mass is 16.1. The number of carbonyl (C=O) groups is 1. The van der Waals surface area contributed by atoms with Gasteiger partial charge in [-0.3, -0.25) is 9.78 Å². The minimum atomic E-state index is -0.393. The zero-order valence-electron chi connectivity index (χ0n) is 10.9. The van der Waals surface area contributed by atoms with Gasteiger partial charge in [0, 0.05) is 0 Å². The van der Waals surface area contributed by atoms with Crippen LogP contribution >= 0.6 is 0 Å². The molecule has 0 aliphatic rings. The highest BCUT2D eigenvalue weighted by molar-refractivity contribution is 6.04. The molecule has 0 fully saturated rings. The van der Waals surface area contributed by atoms with Crippen LogP contribution in [0.3, 0.4) is 0 Å². The molecule has 2 aromatic carbocycles. The summed E-state index contributed by atoms with van der Waals surface area (Å²) >= 11 is 0. The number of para-hydroxylation sites is 3. The van der Waals surface area contributed by atoms with Crippen LogP contribution in [-0.4, -0.2) is 15.9 Å². The predicted molar refractivity (Wildman–Crippen MR) is 78.6 cm³/mol. The van der Waals surface area contributed by atoms with Gasteiger partial charge in [-0.05, 0) is 24.3 Å². The molecule has 0 aliphatic heterocycles. The van der Waals surface area contributed by atoms with E-state index in [-0.39, 0.29) is 5.69 Å². The molecule has 3 aromatic rings. The average molecular weight is 274 g/mol. The summed E-state index contributed by atoms with van der Waals surface area (Å²) in [6, 6.07) is 16.2. The quantitative estimate of drug-likeness (QED) is 0.779. The summed E-state index contributed by atoms with van der Waals surface area (Å²) in [6.45, 7) is 0. The number of hydrogen-bond acceptors (Lipinski definition) is 4. The molecule has 5 nitrogen and oxygen atoms in total. The van der Waals surface area contributed by atoms with Crippen molar-refractivity contribution in [1.82, 2.24) is 9.97 Å². The van der Waals surface area contributed by atoms with Crippen LogP contribution in [0.15, 0.2) is 54.7 Å². The number of fused-ring (bicyclic) bond motifs is 1. The van der Waals surface area contributed by atoms with Crippen molar-refractivity contribution >= 4 is 22.6 Å². The number of amides is 1. The molecule has 1 heterocycles. The number of benzene rings is 2. The smallest absolute Gasteiger partial charge is 0.275 e. The number of nitrogens with one attached hydrogen (secondary N) is 1. The fourth-order valence-corrected chi connectivity index (χ4v) is 1.94. The van der Waals surface area contributed by atoms with E-state index in [2.05, 4.69) is 15.3 Å². The van der Waals surface area contributed by atoms with Gasteiger partial charge in [0.15, 0.2) is 0 Å². The van der Waals surface area contributed by atoms with Crippen LogP contribution in [0.5, 0.6) is 0 Å². The van der Waals surface area contributed by atoms with E-state index in [0.717, 1.165) is 5.52 Å². The molecule has 0 bridgehead atoms. The minimum absolute atomic E-state index is 0.210. The lowest BCUT2D eigenvalue weighted by Gasteiger charge is -2.06. The topological polar surface area (TPSA) is 78.7 Å². The molecule has 0 unspecified atom stereocenters. The maximum atomic E-state index is 12.2. The van der Waals surface area contributed by atoms with Crippen molar-refractivity contribution in [1.29, 1.82) is 5.26 Å². The number of carbonyl (C=O) groups excluding carboxylic acids is 1. The highest BCUT2D eigenvalue weighted by Gasteiger charge is 2.11. The second kappa shape index (κ2) is 5.39. The van der Waals surface area contributed by atoms with E-state index in [4.69, 9.17) is 5.26 Å². The van der Waals surface area contributed by atoms with Crippen molar-refractivity contribution in [3.63, 3.8) is 0 Å². The van der Waals surface area contributed by atoms with E-state index in [1.165, 1.54) is 6.20 Å². The Hall–Kier alpha value is -3.26. The molecule has 3 rings (SSSR count). The zero-order valence-corrected chi connectivity index (χ0v) is 10.9. The highest BCUT2D eigenvalue weighted by Crippen LogP contribution is 2.15. The maximum absolute atomic E-state index is 12.2. The van der Waals surface area contributed by atoms with E-state index in [0.29, 0.717) is 16.8 Å². The van der Waals surface area contributed by atoms with Gasteiger partial charge in [-0.25, -0.2) is 4.98 Å². The molecule has 0 saturated heterocycles. The summed E-state index contributed by atoms with van der Waals surface area (Å²) < 4.78 is 0. The molecule has 0 spiro atoms. The third kappa shape index (κ3) is 2.55. The Bertz CT molecular complexity index is 867. The Balaban J connectivity index is 1.92. The van der Waals surface area contributed by atoms with Crippen molar-refractivity contribution in [2.75, 3.05) is 5.32 Å². The van der Waals surface area contributed by atoms with E-state index in [1.54, 1.807) is 30.3 Å². The Morgan fingerprint density at radius 3 is 2.57 bits per heavy atom. The Labute approximate surface area is 120 Å². The van der Waals surface area contributed by atoms with E-state index in [1.807, 2.05) is 24.3 Å². The van der Waals surface area contributed by atoms with Gasteiger partial charge in [0.1, 0.15) is 11.8 Å². The van der Waals surface area contributed by atoms with Crippen LogP contribution in [-0.2, 0) is 0 Å². The predicted octanol–water partition coefficient (Wildman–Crippen LogP) is 2.75. The third-order valence-electron chi connectivity index (χ3n) is 2.98. The lowest BCUT2D eigenvalue weighted by Crippen LogP contribution is -2.15. The van der Waals surface area contributed by atoms with Crippen LogP contribution in [0.1, 0.15) is 16.1 Å². The standard InChI is InChI=1S/C16H10N4O/c17-9-11-5-1-2-6-12(11)20-16(21)15-10-18-13-7-3-4-8-14(13)19-15/h1-8,10H,(H,20,21). The van der Waals surface area contributed by atoms with E-state index in [9.17, 15) is 4.79 Å². The third-order valence-corrected chi connectivity index (χ3v) is 2.98. The first-order valence-corrected chi connectivity index (χ1v) is 6.30. The molecule has 5 heteroatoms. The van der Waals surface area contributed by atoms with Gasteiger partial charge in [0.05, 0.1) is 28.5 Å². The molecule has 1 N–H and O–H groups in total. The molecule has 1 aromatic heterocycles. The monoisotopic (exact) mass is 274 g/mol. The van der Waals surface area contributed by atoms with Crippen molar-refractivity contribution in [2.24, 2.45) is 0 Å². The number of hydrogen-bond donors (Lipinski definition) is 1. The summed E-state index contributed by atoms with van der Waals surface area (Å²) in [4.78, 5) is 20.7. The number of aromatic nitrogens is 2. The number of anilines is 1. The molecular formula is C16H10N4O. The summed E-state index contributed by atoms with van der Waals surface area (Å²) in [6.07, 6.45) is 1.42. The van der Waals surface area contributed by atoms with Crippen molar-refractivity contribution in [2.45, 2.75) is 0 Å². The van der Waals surface area contributed by atoms with Crippen molar-refractivity contribution < 1.29 is 4.79 Å². The molecule has 1 amide bonds. The first-order valence-electron chi connectivity index (χ1n) is 6.30. The minimum Gasteiger partial charge on any atom is -0.319 e. The molecule has 0 radical (unpaired) electrons. The number of nitrogens with zero attached hydrogens (tertiary/aromatic N) is 3. The fourth-order valence-electron chi connectivity index (χ4n) is 1.94. The molecule has 0 aliphatic carbocycles. The second-order valence-electron chi connectivity index (χ2n) is 4.36. The molecule has 21 heavy (non-hydrogen) atoms. The number of nitriles is 1. The summed E-state index contributed by atoms with van der Waals surface area (Å²) in [7, 11) is 0. The van der Waals surface area contributed by atoms with Crippen molar-refractivity contribution in [3.05, 3.63) is 66.0 Å². The van der Waals surface area contributed by atoms with Gasteiger partial charge in [-0.2, -0.15) is 5.26 Å². The molecular weight excluding hydrogens is 264 g/mol. The van der Waals surface area contributed by atoms with Gasteiger partial charge >= 0.3 is 0 Å². The Morgan fingerprint density at radius 1 is 1.05 bits per heavy atom. The van der Waals surface area contributed by atoms with Crippen molar-refractivity contribution in [3.8, 4) is 6.07 Å². The summed E-state index contributed by atoms with van der Waals surface area (Å²) in [5, 5.41) is 11.7. The summed E-state index contributed by atoms with van der Waals surface area (Å²) in [5.41, 5.74) is 2.45. The molecule has 0 atom stereocenters.